The maximum absolute atomic E-state index is 12.4. The Kier molecular flexibility index (Phi) is 5.34. The lowest BCUT2D eigenvalue weighted by atomic mass is 10.1. The minimum Gasteiger partial charge on any atom is -0.478 e. The van der Waals surface area contributed by atoms with Gasteiger partial charge < -0.3 is 5.11 Å². The molecule has 1 aromatic rings. The molecule has 0 radical (unpaired) electrons. The number of carbonyl (C=O) groups is 1. The molecule has 1 atom stereocenters. The maximum atomic E-state index is 12.4. The van der Waals surface area contributed by atoms with Gasteiger partial charge in [-0.3, -0.25) is 0 Å². The quantitative estimate of drug-likeness (QED) is 0.821. The van der Waals surface area contributed by atoms with Crippen molar-refractivity contribution in [3.8, 4) is 0 Å². The monoisotopic (exact) mass is 393 g/mol. The van der Waals surface area contributed by atoms with Gasteiger partial charge in [0.1, 0.15) is 0 Å². The maximum Gasteiger partial charge on any atom is 0.336 e. The minimum atomic E-state index is -3.71. The molecule has 2 rings (SSSR count). The van der Waals surface area contributed by atoms with Gasteiger partial charge in [-0.05, 0) is 43.2 Å². The topological polar surface area (TPSA) is 83.5 Å². The summed E-state index contributed by atoms with van der Waals surface area (Å²) in [7, 11) is -3.71. The highest BCUT2D eigenvalue weighted by molar-refractivity contribution is 9.10. The molecule has 1 aliphatic rings. The molecule has 8 heteroatoms. The summed E-state index contributed by atoms with van der Waals surface area (Å²) in [5, 5.41) is 9.16. The molecular formula is C13H16BrNO4S2. The van der Waals surface area contributed by atoms with Crippen LogP contribution in [0.2, 0.25) is 0 Å². The predicted molar refractivity (Wildman–Crippen MR) is 86.5 cm³/mol. The molecule has 1 saturated heterocycles. The van der Waals surface area contributed by atoms with Crippen molar-refractivity contribution in [2.75, 3.05) is 11.5 Å². The number of sulfonamides is 1. The van der Waals surface area contributed by atoms with Crippen LogP contribution in [0.25, 0.3) is 0 Å². The Morgan fingerprint density at radius 2 is 2.19 bits per heavy atom. The van der Waals surface area contributed by atoms with Crippen molar-refractivity contribution in [3.63, 3.8) is 0 Å². The summed E-state index contributed by atoms with van der Waals surface area (Å²) in [5.74, 6) is 0.661. The summed E-state index contributed by atoms with van der Waals surface area (Å²) in [6.07, 6.45) is 1.79. The number of hydrogen-bond donors (Lipinski definition) is 2. The molecular weight excluding hydrogens is 378 g/mol. The molecule has 2 N–H and O–H groups in total. The fourth-order valence-electron chi connectivity index (χ4n) is 2.15. The largest absolute Gasteiger partial charge is 0.478 e. The van der Waals surface area contributed by atoms with Gasteiger partial charge in [-0.15, -0.1) is 0 Å². The van der Waals surface area contributed by atoms with Crippen molar-refractivity contribution in [2.24, 2.45) is 0 Å². The van der Waals surface area contributed by atoms with Crippen molar-refractivity contribution >= 4 is 43.7 Å². The third kappa shape index (κ3) is 4.00. The van der Waals surface area contributed by atoms with Gasteiger partial charge in [0, 0.05) is 16.3 Å². The fraction of sp³-hybridized carbons (Fsp3) is 0.462. The summed E-state index contributed by atoms with van der Waals surface area (Å²) >= 11 is 4.95. The average Bonchev–Trinajstić information content (AvgIpc) is 2.41. The first-order valence-electron chi connectivity index (χ1n) is 6.45. The van der Waals surface area contributed by atoms with Crippen LogP contribution in [0.3, 0.4) is 0 Å². The number of rotatable bonds is 4. The van der Waals surface area contributed by atoms with Gasteiger partial charge >= 0.3 is 5.97 Å². The van der Waals surface area contributed by atoms with Crippen LogP contribution in [-0.2, 0) is 10.0 Å². The Bertz CT molecular complexity index is 654. The molecule has 0 bridgehead atoms. The Balaban J connectivity index is 2.33. The number of halogens is 1. The molecule has 1 aromatic carbocycles. The first-order chi connectivity index (χ1) is 9.81. The summed E-state index contributed by atoms with van der Waals surface area (Å²) < 4.78 is 27.9. The van der Waals surface area contributed by atoms with Gasteiger partial charge in [0.15, 0.2) is 0 Å². The van der Waals surface area contributed by atoms with Crippen molar-refractivity contribution in [2.45, 2.75) is 30.7 Å². The Labute approximate surface area is 136 Å². The predicted octanol–water partition coefficient (Wildman–Crippen LogP) is 2.63. The zero-order valence-electron chi connectivity index (χ0n) is 11.4. The van der Waals surface area contributed by atoms with Gasteiger partial charge in [0.05, 0.1) is 10.5 Å². The molecule has 0 aliphatic carbocycles. The standard InChI is InChI=1S/C13H16BrNO4S2/c1-8-11(13(16)17)5-10(6-12(8)14)21(18,19)15-9-3-2-4-20-7-9/h5-6,9,15H,2-4,7H2,1H3,(H,16,17). The summed E-state index contributed by atoms with van der Waals surface area (Å²) in [6.45, 7) is 1.63. The van der Waals surface area contributed by atoms with E-state index in [-0.39, 0.29) is 16.5 Å². The van der Waals surface area contributed by atoms with Crippen molar-refractivity contribution < 1.29 is 18.3 Å². The van der Waals surface area contributed by atoms with E-state index in [9.17, 15) is 13.2 Å². The zero-order valence-corrected chi connectivity index (χ0v) is 14.6. The summed E-state index contributed by atoms with van der Waals surface area (Å²) in [6, 6.07) is 2.56. The van der Waals surface area contributed by atoms with E-state index >= 15 is 0 Å². The van der Waals surface area contributed by atoms with E-state index < -0.39 is 16.0 Å². The van der Waals surface area contributed by atoms with Gasteiger partial charge in [-0.25, -0.2) is 17.9 Å². The second-order valence-electron chi connectivity index (χ2n) is 4.92. The van der Waals surface area contributed by atoms with Crippen LogP contribution >= 0.6 is 27.7 Å². The van der Waals surface area contributed by atoms with Gasteiger partial charge in [-0.1, -0.05) is 15.9 Å². The lowest BCUT2D eigenvalue weighted by Crippen LogP contribution is -2.38. The molecule has 1 unspecified atom stereocenters. The van der Waals surface area contributed by atoms with Crippen molar-refractivity contribution in [3.05, 3.63) is 27.7 Å². The molecule has 0 saturated carbocycles. The number of carboxylic acid groups (broad SMARTS) is 1. The van der Waals surface area contributed by atoms with Crippen LogP contribution in [0.15, 0.2) is 21.5 Å². The Morgan fingerprint density at radius 1 is 1.48 bits per heavy atom. The molecule has 21 heavy (non-hydrogen) atoms. The van der Waals surface area contributed by atoms with Crippen LogP contribution in [0.4, 0.5) is 0 Å². The van der Waals surface area contributed by atoms with E-state index in [0.29, 0.717) is 10.0 Å². The highest BCUT2D eigenvalue weighted by Crippen LogP contribution is 2.26. The molecule has 116 valence electrons. The normalized spacial score (nSPS) is 19.4. The number of hydrogen-bond acceptors (Lipinski definition) is 4. The highest BCUT2D eigenvalue weighted by Gasteiger charge is 2.24. The van der Waals surface area contributed by atoms with E-state index in [4.69, 9.17) is 5.11 Å². The molecule has 0 aromatic heterocycles. The van der Waals surface area contributed by atoms with E-state index in [2.05, 4.69) is 20.7 Å². The van der Waals surface area contributed by atoms with Crippen molar-refractivity contribution in [1.82, 2.24) is 4.72 Å². The second kappa shape index (κ2) is 6.68. The van der Waals surface area contributed by atoms with E-state index in [1.165, 1.54) is 12.1 Å². The SMILES string of the molecule is Cc1c(Br)cc(S(=O)(=O)NC2CCCSC2)cc1C(=O)O. The summed E-state index contributed by atoms with van der Waals surface area (Å²) in [4.78, 5) is 11.2. The van der Waals surface area contributed by atoms with Crippen molar-refractivity contribution in [1.29, 1.82) is 0 Å². The van der Waals surface area contributed by atoms with Crippen LogP contribution in [0, 0.1) is 6.92 Å². The number of thioether (sulfide) groups is 1. The molecule has 5 nitrogen and oxygen atoms in total. The van der Waals surface area contributed by atoms with Gasteiger partial charge in [0.25, 0.3) is 0 Å². The smallest absolute Gasteiger partial charge is 0.336 e. The second-order valence-corrected chi connectivity index (χ2v) is 8.64. The number of benzene rings is 1. The van der Waals surface area contributed by atoms with Gasteiger partial charge in [-0.2, -0.15) is 11.8 Å². The van der Waals surface area contributed by atoms with E-state index in [1.807, 2.05) is 0 Å². The summed E-state index contributed by atoms with van der Waals surface area (Å²) in [5.41, 5.74) is 0.498. The Morgan fingerprint density at radius 3 is 2.76 bits per heavy atom. The van der Waals surface area contributed by atoms with Crippen LogP contribution in [-0.4, -0.2) is 37.0 Å². The van der Waals surface area contributed by atoms with Gasteiger partial charge in [0.2, 0.25) is 10.0 Å². The zero-order chi connectivity index (χ0) is 15.6. The molecule has 0 spiro atoms. The number of carboxylic acids is 1. The Hall–Kier alpha value is -0.570. The molecule has 1 heterocycles. The number of nitrogens with one attached hydrogen (secondary N) is 1. The lowest BCUT2D eigenvalue weighted by Gasteiger charge is -2.22. The van der Waals surface area contributed by atoms with Crippen LogP contribution < -0.4 is 4.72 Å². The first kappa shape index (κ1) is 16.8. The average molecular weight is 394 g/mol. The molecule has 1 fully saturated rings. The lowest BCUT2D eigenvalue weighted by molar-refractivity contribution is 0.0695. The van der Waals surface area contributed by atoms with E-state index in [1.54, 1.807) is 18.7 Å². The van der Waals surface area contributed by atoms with Crippen LogP contribution in [0.1, 0.15) is 28.8 Å². The fourth-order valence-corrected chi connectivity index (χ4v) is 5.26. The minimum absolute atomic E-state index is 0.0113. The number of aromatic carboxylic acids is 1. The van der Waals surface area contributed by atoms with E-state index in [0.717, 1.165) is 24.3 Å². The van der Waals surface area contributed by atoms with Crippen LogP contribution in [0.5, 0.6) is 0 Å². The third-order valence-corrected chi connectivity index (χ3v) is 6.88. The third-order valence-electron chi connectivity index (χ3n) is 3.34. The first-order valence-corrected chi connectivity index (χ1v) is 9.88. The molecule has 1 aliphatic heterocycles. The molecule has 0 amide bonds. The highest BCUT2D eigenvalue weighted by atomic mass is 79.9.